The van der Waals surface area contributed by atoms with Gasteiger partial charge in [0.15, 0.2) is 0 Å². The maximum atomic E-state index is 12.1. The number of likely N-dealkylation sites (tertiary alicyclic amines) is 1. The molecule has 1 aromatic rings. The molecule has 1 atom stereocenters. The van der Waals surface area contributed by atoms with E-state index in [1.165, 1.54) is 25.9 Å². The summed E-state index contributed by atoms with van der Waals surface area (Å²) < 4.78 is 28.6. The maximum Gasteiger partial charge on any atom is 0.387 e. The van der Waals surface area contributed by atoms with Gasteiger partial charge in [-0.3, -0.25) is 0 Å². The number of nitrogens with one attached hydrogen (secondary N) is 1. The van der Waals surface area contributed by atoms with E-state index in [1.54, 1.807) is 12.1 Å². The van der Waals surface area contributed by atoms with Crippen LogP contribution in [0.25, 0.3) is 0 Å². The molecule has 136 valence electrons. The molecule has 1 fully saturated rings. The fourth-order valence-corrected chi connectivity index (χ4v) is 3.29. The number of piperidine rings is 1. The highest BCUT2D eigenvalue weighted by atomic mass is 19.3. The van der Waals surface area contributed by atoms with Gasteiger partial charge in [-0.1, -0.05) is 12.1 Å². The first-order valence-corrected chi connectivity index (χ1v) is 8.98. The Labute approximate surface area is 144 Å². The lowest BCUT2D eigenvalue weighted by molar-refractivity contribution is -0.0498. The molecule has 5 heteroatoms. The monoisotopic (exact) mass is 340 g/mol. The van der Waals surface area contributed by atoms with Crippen LogP contribution >= 0.6 is 0 Å². The third kappa shape index (κ3) is 6.36. The van der Waals surface area contributed by atoms with Gasteiger partial charge in [0.25, 0.3) is 0 Å². The Morgan fingerprint density at radius 2 is 1.75 bits per heavy atom. The highest BCUT2D eigenvalue weighted by Crippen LogP contribution is 2.17. The summed E-state index contributed by atoms with van der Waals surface area (Å²) in [5.74, 6) is 0.219. The van der Waals surface area contributed by atoms with Crippen LogP contribution in [0.4, 0.5) is 8.78 Å². The fraction of sp³-hybridized carbons (Fsp3) is 0.684. The second-order valence-corrected chi connectivity index (χ2v) is 7.03. The molecular formula is C19H30F2N2O. The van der Waals surface area contributed by atoms with Crippen LogP contribution < -0.4 is 10.1 Å². The van der Waals surface area contributed by atoms with Gasteiger partial charge in [-0.25, -0.2) is 0 Å². The minimum absolute atomic E-state index is 0.219. The Bertz CT molecular complexity index is 471. The molecule has 1 aliphatic rings. The van der Waals surface area contributed by atoms with E-state index in [9.17, 15) is 8.78 Å². The maximum absolute atomic E-state index is 12.1. The van der Waals surface area contributed by atoms with Crippen LogP contribution in [0.1, 0.15) is 45.6 Å². The Kier molecular flexibility index (Phi) is 7.43. The van der Waals surface area contributed by atoms with E-state index < -0.39 is 6.61 Å². The van der Waals surface area contributed by atoms with E-state index in [1.807, 2.05) is 12.1 Å². The van der Waals surface area contributed by atoms with Crippen LogP contribution in [-0.2, 0) is 6.42 Å². The number of benzene rings is 1. The average molecular weight is 340 g/mol. The Morgan fingerprint density at radius 1 is 1.12 bits per heavy atom. The van der Waals surface area contributed by atoms with Crippen molar-refractivity contribution in [1.82, 2.24) is 10.2 Å². The molecular weight excluding hydrogens is 310 g/mol. The van der Waals surface area contributed by atoms with E-state index >= 15 is 0 Å². The van der Waals surface area contributed by atoms with Crippen molar-refractivity contribution in [2.75, 3.05) is 13.1 Å². The fourth-order valence-electron chi connectivity index (χ4n) is 3.29. The van der Waals surface area contributed by atoms with E-state index in [0.717, 1.165) is 18.4 Å². The van der Waals surface area contributed by atoms with E-state index in [-0.39, 0.29) is 5.75 Å². The van der Waals surface area contributed by atoms with Crippen LogP contribution in [0.5, 0.6) is 5.75 Å². The van der Waals surface area contributed by atoms with Crippen LogP contribution in [-0.4, -0.2) is 42.7 Å². The predicted octanol–water partition coefficient (Wildman–Crippen LogP) is 4.07. The lowest BCUT2D eigenvalue weighted by atomic mass is 10.0. The lowest BCUT2D eigenvalue weighted by Gasteiger charge is -2.36. The Hall–Kier alpha value is -1.20. The molecule has 0 aromatic heterocycles. The molecule has 2 rings (SSSR count). The highest BCUT2D eigenvalue weighted by Gasteiger charge is 2.21. The Balaban J connectivity index is 1.69. The molecule has 1 unspecified atom stereocenters. The van der Waals surface area contributed by atoms with Crippen LogP contribution in [0.3, 0.4) is 0 Å². The number of aryl methyl sites for hydroxylation is 1. The molecule has 3 nitrogen and oxygen atoms in total. The molecule has 1 N–H and O–H groups in total. The first-order chi connectivity index (χ1) is 11.4. The van der Waals surface area contributed by atoms with Gasteiger partial charge in [-0.15, -0.1) is 0 Å². The number of nitrogens with zero attached hydrogens (tertiary/aromatic N) is 1. The summed E-state index contributed by atoms with van der Waals surface area (Å²) in [5.41, 5.74) is 1.15. The van der Waals surface area contributed by atoms with Gasteiger partial charge in [0.2, 0.25) is 0 Å². The largest absolute Gasteiger partial charge is 0.435 e. The van der Waals surface area contributed by atoms with Crippen molar-refractivity contribution in [3.63, 3.8) is 0 Å². The van der Waals surface area contributed by atoms with Gasteiger partial charge in [-0.2, -0.15) is 8.78 Å². The van der Waals surface area contributed by atoms with E-state index in [0.29, 0.717) is 18.1 Å². The van der Waals surface area contributed by atoms with Gasteiger partial charge in [0, 0.05) is 18.1 Å². The third-order valence-corrected chi connectivity index (χ3v) is 4.79. The lowest BCUT2D eigenvalue weighted by Crippen LogP contribution is -2.47. The summed E-state index contributed by atoms with van der Waals surface area (Å²) >= 11 is 0. The van der Waals surface area contributed by atoms with Crippen molar-refractivity contribution in [1.29, 1.82) is 0 Å². The summed E-state index contributed by atoms with van der Waals surface area (Å²) in [7, 11) is 0. The molecule has 0 amide bonds. The van der Waals surface area contributed by atoms with Crippen LogP contribution in [0.15, 0.2) is 24.3 Å². The summed E-state index contributed by atoms with van der Waals surface area (Å²) in [6.45, 7) is 6.33. The smallest absolute Gasteiger partial charge is 0.387 e. The minimum Gasteiger partial charge on any atom is -0.435 e. The van der Waals surface area contributed by atoms with Crippen molar-refractivity contribution < 1.29 is 13.5 Å². The van der Waals surface area contributed by atoms with Gasteiger partial charge >= 0.3 is 6.61 Å². The minimum atomic E-state index is -2.76. The average Bonchev–Trinajstić information content (AvgIpc) is 2.54. The van der Waals surface area contributed by atoms with Crippen LogP contribution in [0, 0.1) is 0 Å². The number of hydrogen-bond donors (Lipinski definition) is 1. The van der Waals surface area contributed by atoms with Crippen molar-refractivity contribution in [3.05, 3.63) is 29.8 Å². The molecule has 1 aliphatic heterocycles. The molecule has 0 saturated carbocycles. The quantitative estimate of drug-likeness (QED) is 0.772. The molecule has 0 radical (unpaired) electrons. The molecule has 1 aromatic carbocycles. The third-order valence-electron chi connectivity index (χ3n) is 4.79. The van der Waals surface area contributed by atoms with Crippen molar-refractivity contribution in [2.24, 2.45) is 0 Å². The standard InChI is InChI=1S/C19H30F2N2O/c1-14(2)23-12-10-17(11-13-23)22-15(3)4-5-16-6-8-18(9-7-16)24-19(20)21/h6-9,14-15,17,19,22H,4-5,10-13H2,1-3H3. The number of halogens is 2. The van der Waals surface area contributed by atoms with E-state index in [2.05, 4.69) is 35.7 Å². The topological polar surface area (TPSA) is 24.5 Å². The van der Waals surface area contributed by atoms with Crippen molar-refractivity contribution >= 4 is 0 Å². The summed E-state index contributed by atoms with van der Waals surface area (Å²) in [5, 5.41) is 3.74. The van der Waals surface area contributed by atoms with Crippen LogP contribution in [0.2, 0.25) is 0 Å². The van der Waals surface area contributed by atoms with Gasteiger partial charge in [-0.05, 0) is 77.2 Å². The molecule has 24 heavy (non-hydrogen) atoms. The first-order valence-electron chi connectivity index (χ1n) is 8.98. The summed E-state index contributed by atoms with van der Waals surface area (Å²) in [4.78, 5) is 2.53. The zero-order chi connectivity index (χ0) is 17.5. The second kappa shape index (κ2) is 9.33. The molecule has 0 spiro atoms. The molecule has 0 aliphatic carbocycles. The number of ether oxygens (including phenoxy) is 1. The normalized spacial score (nSPS) is 18.3. The molecule has 1 saturated heterocycles. The van der Waals surface area contributed by atoms with Crippen molar-refractivity contribution in [2.45, 2.75) is 71.2 Å². The number of alkyl halides is 2. The van der Waals surface area contributed by atoms with E-state index in [4.69, 9.17) is 0 Å². The Morgan fingerprint density at radius 3 is 2.29 bits per heavy atom. The number of hydrogen-bond acceptors (Lipinski definition) is 3. The predicted molar refractivity (Wildman–Crippen MR) is 93.7 cm³/mol. The SMILES string of the molecule is CC(CCc1ccc(OC(F)F)cc1)NC1CCN(C(C)C)CC1. The van der Waals surface area contributed by atoms with Gasteiger partial charge in [0.05, 0.1) is 0 Å². The van der Waals surface area contributed by atoms with Crippen molar-refractivity contribution in [3.8, 4) is 5.75 Å². The number of rotatable bonds is 8. The van der Waals surface area contributed by atoms with Gasteiger partial charge < -0.3 is 15.0 Å². The summed E-state index contributed by atoms with van der Waals surface area (Å²) in [6.07, 6.45) is 4.40. The van der Waals surface area contributed by atoms with Gasteiger partial charge in [0.1, 0.15) is 5.75 Å². The summed E-state index contributed by atoms with van der Waals surface area (Å²) in [6, 6.07) is 8.66. The molecule has 0 bridgehead atoms. The zero-order valence-corrected chi connectivity index (χ0v) is 15.0. The first kappa shape index (κ1) is 19.1. The second-order valence-electron chi connectivity index (χ2n) is 7.03. The highest BCUT2D eigenvalue weighted by molar-refractivity contribution is 5.27. The zero-order valence-electron chi connectivity index (χ0n) is 15.0. The molecule has 1 heterocycles.